The molecule has 6 atom stereocenters. The number of hydrogen-bond donors (Lipinski definition) is 0. The summed E-state index contributed by atoms with van der Waals surface area (Å²) in [6, 6.07) is 0. The topological polar surface area (TPSA) is 150 Å². The minimum Gasteiger partial charge on any atom is -0.465 e. The van der Waals surface area contributed by atoms with Gasteiger partial charge in [0.15, 0.2) is 24.6 Å². The molecule has 2 heterocycles. The van der Waals surface area contributed by atoms with Crippen LogP contribution in [0.1, 0.15) is 34.1 Å². The SMILES string of the molecule is CC(=O)OC[C@H]1O[C@@H](OC[C@@H]2CCOC2=O)[C@H](OC(C)=O)[C@@H](OC(C)=O)[C@@H]1OC(C)=O. The summed E-state index contributed by atoms with van der Waals surface area (Å²) in [4.78, 5) is 58.1. The minimum absolute atomic E-state index is 0.118. The Morgan fingerprint density at radius 3 is 1.94 bits per heavy atom. The van der Waals surface area contributed by atoms with Crippen molar-refractivity contribution in [3.05, 3.63) is 0 Å². The van der Waals surface area contributed by atoms with Crippen molar-refractivity contribution in [2.24, 2.45) is 5.92 Å². The molecule has 0 aromatic rings. The van der Waals surface area contributed by atoms with Crippen LogP contribution in [-0.2, 0) is 57.1 Å². The van der Waals surface area contributed by atoms with Crippen molar-refractivity contribution in [3.8, 4) is 0 Å². The Bertz CT molecular complexity index is 704. The Balaban J connectivity index is 2.31. The molecule has 2 aliphatic rings. The van der Waals surface area contributed by atoms with Crippen molar-refractivity contribution in [2.75, 3.05) is 19.8 Å². The van der Waals surface area contributed by atoms with Gasteiger partial charge in [0.05, 0.1) is 19.1 Å². The maximum absolute atomic E-state index is 11.7. The number of ether oxygens (including phenoxy) is 7. The normalized spacial score (nSPS) is 30.1. The lowest BCUT2D eigenvalue weighted by molar-refractivity contribution is -0.309. The summed E-state index contributed by atoms with van der Waals surface area (Å²) >= 11 is 0. The van der Waals surface area contributed by atoms with E-state index in [0.717, 1.165) is 20.8 Å². The molecular formula is C19H26O12. The third-order valence-electron chi connectivity index (χ3n) is 4.45. The van der Waals surface area contributed by atoms with Gasteiger partial charge in [0.25, 0.3) is 0 Å². The lowest BCUT2D eigenvalue weighted by Crippen LogP contribution is -2.63. The quantitative estimate of drug-likeness (QED) is 0.354. The molecule has 0 N–H and O–H groups in total. The fourth-order valence-corrected chi connectivity index (χ4v) is 3.22. The predicted octanol–water partition coefficient (Wildman–Crippen LogP) is -0.351. The van der Waals surface area contributed by atoms with Gasteiger partial charge in [-0.15, -0.1) is 0 Å². The number of rotatable bonds is 8. The lowest BCUT2D eigenvalue weighted by Gasteiger charge is -2.44. The van der Waals surface area contributed by atoms with E-state index in [0.29, 0.717) is 6.42 Å². The number of carbonyl (C=O) groups is 5. The molecule has 2 rings (SSSR count). The summed E-state index contributed by atoms with van der Waals surface area (Å²) in [7, 11) is 0. The van der Waals surface area contributed by atoms with Gasteiger partial charge in [0.1, 0.15) is 12.7 Å². The van der Waals surface area contributed by atoms with Crippen LogP contribution in [0.3, 0.4) is 0 Å². The second-order valence-corrected chi connectivity index (χ2v) is 7.05. The standard InChI is InChI=1S/C19H26O12/c1-9(20)26-8-14-15(28-10(2)21)16(29-11(3)22)17(30-12(4)23)19(31-14)27-7-13-5-6-25-18(13)24/h13-17,19H,5-8H2,1-4H3/t13-,14+,15+,16-,17+,19+/m0/s1. The van der Waals surface area contributed by atoms with Crippen molar-refractivity contribution >= 4 is 29.8 Å². The molecule has 0 radical (unpaired) electrons. The van der Waals surface area contributed by atoms with Crippen LogP contribution in [0.2, 0.25) is 0 Å². The van der Waals surface area contributed by atoms with E-state index in [9.17, 15) is 24.0 Å². The Morgan fingerprint density at radius 1 is 0.839 bits per heavy atom. The molecule has 12 nitrogen and oxygen atoms in total. The van der Waals surface area contributed by atoms with E-state index in [-0.39, 0.29) is 19.8 Å². The first kappa shape index (κ1) is 24.5. The fourth-order valence-electron chi connectivity index (χ4n) is 3.22. The number of cyclic esters (lactones) is 1. The van der Waals surface area contributed by atoms with Crippen molar-refractivity contribution < 1.29 is 57.1 Å². The molecule has 12 heteroatoms. The number of carbonyl (C=O) groups excluding carboxylic acids is 5. The van der Waals surface area contributed by atoms with Gasteiger partial charge < -0.3 is 33.2 Å². The van der Waals surface area contributed by atoms with Crippen LogP contribution in [0.4, 0.5) is 0 Å². The Kier molecular flexibility index (Phi) is 8.75. The molecule has 0 aromatic heterocycles. The average molecular weight is 446 g/mol. The highest BCUT2D eigenvalue weighted by Crippen LogP contribution is 2.30. The highest BCUT2D eigenvalue weighted by atomic mass is 16.7. The van der Waals surface area contributed by atoms with E-state index in [1.165, 1.54) is 6.92 Å². The molecule has 0 bridgehead atoms. The third kappa shape index (κ3) is 7.17. The maximum atomic E-state index is 11.7. The molecule has 174 valence electrons. The second kappa shape index (κ2) is 11.0. The zero-order chi connectivity index (χ0) is 23.1. The molecule has 0 saturated carbocycles. The first-order chi connectivity index (χ1) is 14.6. The molecule has 0 unspecified atom stereocenters. The Labute approximate surface area is 178 Å². The fraction of sp³-hybridized carbons (Fsp3) is 0.737. The maximum Gasteiger partial charge on any atom is 0.311 e. The molecule has 2 saturated heterocycles. The number of hydrogen-bond acceptors (Lipinski definition) is 12. The minimum atomic E-state index is -1.32. The first-order valence-electron chi connectivity index (χ1n) is 9.67. The van der Waals surface area contributed by atoms with Gasteiger partial charge in [0.2, 0.25) is 0 Å². The molecule has 2 fully saturated rings. The van der Waals surface area contributed by atoms with Crippen molar-refractivity contribution in [3.63, 3.8) is 0 Å². The summed E-state index contributed by atoms with van der Waals surface area (Å²) < 4.78 is 37.1. The van der Waals surface area contributed by atoms with Crippen LogP contribution in [-0.4, -0.2) is 80.4 Å². The summed E-state index contributed by atoms with van der Waals surface area (Å²) in [6.07, 6.45) is -5.89. The van der Waals surface area contributed by atoms with Crippen molar-refractivity contribution in [1.82, 2.24) is 0 Å². The molecule has 31 heavy (non-hydrogen) atoms. The zero-order valence-corrected chi connectivity index (χ0v) is 17.7. The summed E-state index contributed by atoms with van der Waals surface area (Å²) in [6.45, 7) is 4.33. The van der Waals surface area contributed by atoms with Crippen molar-refractivity contribution in [2.45, 2.75) is 64.8 Å². The monoisotopic (exact) mass is 446 g/mol. The largest absolute Gasteiger partial charge is 0.465 e. The van der Waals surface area contributed by atoms with E-state index in [2.05, 4.69) is 0 Å². The summed E-state index contributed by atoms with van der Waals surface area (Å²) in [5.74, 6) is -3.82. The van der Waals surface area contributed by atoms with Crippen molar-refractivity contribution in [1.29, 1.82) is 0 Å². The summed E-state index contributed by atoms with van der Waals surface area (Å²) in [5.41, 5.74) is 0. The van der Waals surface area contributed by atoms with E-state index in [4.69, 9.17) is 33.2 Å². The Hall–Kier alpha value is -2.73. The third-order valence-corrected chi connectivity index (χ3v) is 4.45. The zero-order valence-electron chi connectivity index (χ0n) is 17.7. The lowest BCUT2D eigenvalue weighted by atomic mass is 9.98. The molecular weight excluding hydrogens is 420 g/mol. The smallest absolute Gasteiger partial charge is 0.311 e. The second-order valence-electron chi connectivity index (χ2n) is 7.05. The van der Waals surface area contributed by atoms with Crippen LogP contribution >= 0.6 is 0 Å². The van der Waals surface area contributed by atoms with Gasteiger partial charge in [0, 0.05) is 27.7 Å². The van der Waals surface area contributed by atoms with Crippen LogP contribution in [0.5, 0.6) is 0 Å². The van der Waals surface area contributed by atoms with Crippen LogP contribution in [0, 0.1) is 5.92 Å². The van der Waals surface area contributed by atoms with Gasteiger partial charge in [-0.25, -0.2) is 0 Å². The number of esters is 5. The van der Waals surface area contributed by atoms with Gasteiger partial charge in [-0.05, 0) is 6.42 Å². The van der Waals surface area contributed by atoms with E-state index >= 15 is 0 Å². The van der Waals surface area contributed by atoms with E-state index in [1.54, 1.807) is 0 Å². The van der Waals surface area contributed by atoms with Gasteiger partial charge in [-0.1, -0.05) is 0 Å². The van der Waals surface area contributed by atoms with Gasteiger partial charge >= 0.3 is 29.8 Å². The molecule has 0 spiro atoms. The van der Waals surface area contributed by atoms with Gasteiger partial charge in [-0.2, -0.15) is 0 Å². The molecule has 0 aliphatic carbocycles. The highest BCUT2D eigenvalue weighted by Gasteiger charge is 2.53. The molecule has 2 aliphatic heterocycles. The van der Waals surface area contributed by atoms with Crippen LogP contribution < -0.4 is 0 Å². The van der Waals surface area contributed by atoms with Gasteiger partial charge in [-0.3, -0.25) is 24.0 Å². The van der Waals surface area contributed by atoms with Crippen LogP contribution in [0.15, 0.2) is 0 Å². The highest BCUT2D eigenvalue weighted by molar-refractivity contribution is 5.74. The van der Waals surface area contributed by atoms with Crippen LogP contribution in [0.25, 0.3) is 0 Å². The average Bonchev–Trinajstić information content (AvgIpc) is 3.06. The molecule has 0 aromatic carbocycles. The summed E-state index contributed by atoms with van der Waals surface area (Å²) in [5, 5.41) is 0. The van der Waals surface area contributed by atoms with E-state index in [1.807, 2.05) is 0 Å². The van der Waals surface area contributed by atoms with E-state index < -0.39 is 66.5 Å². The first-order valence-corrected chi connectivity index (χ1v) is 9.67. The Morgan fingerprint density at radius 2 is 1.42 bits per heavy atom. The predicted molar refractivity (Wildman–Crippen MR) is 97.0 cm³/mol. The molecule has 0 amide bonds.